The number of hydrogen-bond acceptors (Lipinski definition) is 3. The molecule has 1 aliphatic rings. The zero-order valence-corrected chi connectivity index (χ0v) is 9.81. The number of hydrogen-bond donors (Lipinski definition) is 0. The van der Waals surface area contributed by atoms with Crippen LogP contribution >= 0.6 is 22.6 Å². The molecule has 1 heterocycles. The van der Waals surface area contributed by atoms with Gasteiger partial charge in [-0.3, -0.25) is 0 Å². The van der Waals surface area contributed by atoms with Crippen molar-refractivity contribution in [3.05, 3.63) is 5.82 Å². The molecule has 0 aromatic carbocycles. The molecule has 2 atom stereocenters. The molecule has 1 aromatic rings. The van der Waals surface area contributed by atoms with Crippen LogP contribution in [0.15, 0.2) is 0 Å². The van der Waals surface area contributed by atoms with Crippen LogP contribution in [0.3, 0.4) is 0 Å². The van der Waals surface area contributed by atoms with Gasteiger partial charge in [0, 0.05) is 3.92 Å². The van der Waals surface area contributed by atoms with Gasteiger partial charge in [-0.1, -0.05) is 35.4 Å². The molecule has 2 rings (SSSR count). The standard InChI is InChI=1S/C8H13IN4/c1-6-10-11-12-13(6)8-5-3-2-4-7(8)9/h7-8H,2-5H2,1H3/t7-,8+/m1/s1. The first-order chi connectivity index (χ1) is 6.29. The van der Waals surface area contributed by atoms with Gasteiger partial charge in [0.25, 0.3) is 0 Å². The second-order valence-corrected chi connectivity index (χ2v) is 5.14. The van der Waals surface area contributed by atoms with Crippen LogP contribution in [0, 0.1) is 6.92 Å². The Bertz CT molecular complexity index is 285. The minimum atomic E-state index is 0.518. The molecule has 1 aliphatic carbocycles. The van der Waals surface area contributed by atoms with Crippen molar-refractivity contribution in [3.63, 3.8) is 0 Å². The highest BCUT2D eigenvalue weighted by Crippen LogP contribution is 2.33. The highest BCUT2D eigenvalue weighted by molar-refractivity contribution is 14.1. The van der Waals surface area contributed by atoms with E-state index in [4.69, 9.17) is 0 Å². The second-order valence-electron chi connectivity index (χ2n) is 3.54. The number of aryl methyl sites for hydroxylation is 1. The summed E-state index contributed by atoms with van der Waals surface area (Å²) in [6.07, 6.45) is 5.18. The van der Waals surface area contributed by atoms with Gasteiger partial charge in [-0.25, -0.2) is 4.68 Å². The van der Waals surface area contributed by atoms with Crippen molar-refractivity contribution in [2.24, 2.45) is 0 Å². The van der Waals surface area contributed by atoms with Crippen LogP contribution in [0.2, 0.25) is 0 Å². The van der Waals surface area contributed by atoms with Crippen LogP contribution in [0.4, 0.5) is 0 Å². The third-order valence-corrected chi connectivity index (χ3v) is 4.07. The van der Waals surface area contributed by atoms with Gasteiger partial charge in [-0.15, -0.1) is 5.10 Å². The maximum atomic E-state index is 4.04. The molecule has 13 heavy (non-hydrogen) atoms. The number of halogens is 1. The third-order valence-electron chi connectivity index (χ3n) is 2.62. The van der Waals surface area contributed by atoms with Crippen LogP contribution in [-0.2, 0) is 0 Å². The Labute approximate surface area is 91.2 Å². The molecule has 0 unspecified atom stereocenters. The Kier molecular flexibility index (Phi) is 2.80. The fourth-order valence-electron chi connectivity index (χ4n) is 1.89. The van der Waals surface area contributed by atoms with Gasteiger partial charge < -0.3 is 0 Å². The molecule has 0 radical (unpaired) electrons. The van der Waals surface area contributed by atoms with Gasteiger partial charge in [-0.05, 0) is 30.2 Å². The summed E-state index contributed by atoms with van der Waals surface area (Å²) in [7, 11) is 0. The summed E-state index contributed by atoms with van der Waals surface area (Å²) in [6.45, 7) is 1.97. The quantitative estimate of drug-likeness (QED) is 0.586. The zero-order chi connectivity index (χ0) is 9.26. The average molecular weight is 292 g/mol. The van der Waals surface area contributed by atoms with E-state index in [1.807, 2.05) is 11.6 Å². The van der Waals surface area contributed by atoms with E-state index in [1.165, 1.54) is 25.7 Å². The highest BCUT2D eigenvalue weighted by Gasteiger charge is 2.26. The summed E-state index contributed by atoms with van der Waals surface area (Å²) in [5, 5.41) is 11.7. The van der Waals surface area contributed by atoms with Crippen LogP contribution in [0.5, 0.6) is 0 Å². The van der Waals surface area contributed by atoms with Crippen molar-refractivity contribution in [2.75, 3.05) is 0 Å². The molecule has 1 aromatic heterocycles. The Hall–Kier alpha value is -0.200. The van der Waals surface area contributed by atoms with E-state index in [0.717, 1.165) is 5.82 Å². The van der Waals surface area contributed by atoms with E-state index in [1.54, 1.807) is 0 Å². The van der Waals surface area contributed by atoms with Gasteiger partial charge in [0.05, 0.1) is 6.04 Å². The first-order valence-corrected chi connectivity index (χ1v) is 5.92. The summed E-state index contributed by atoms with van der Waals surface area (Å²) in [5.41, 5.74) is 0. The SMILES string of the molecule is Cc1nnnn1[C@H]1CCCC[C@H]1I. The monoisotopic (exact) mass is 292 g/mol. The molecule has 4 nitrogen and oxygen atoms in total. The molecule has 0 amide bonds. The maximum absolute atomic E-state index is 4.04. The average Bonchev–Trinajstić information content (AvgIpc) is 2.52. The highest BCUT2D eigenvalue weighted by atomic mass is 127. The molecule has 0 N–H and O–H groups in total. The van der Waals surface area contributed by atoms with Crippen molar-refractivity contribution >= 4 is 22.6 Å². The van der Waals surface area contributed by atoms with E-state index in [2.05, 4.69) is 38.1 Å². The Morgan fingerprint density at radius 3 is 2.77 bits per heavy atom. The summed E-state index contributed by atoms with van der Waals surface area (Å²) in [6, 6.07) is 0.518. The van der Waals surface area contributed by atoms with Gasteiger partial charge >= 0.3 is 0 Å². The normalized spacial score (nSPS) is 29.1. The first kappa shape index (κ1) is 9.36. The minimum Gasteiger partial charge on any atom is -0.226 e. The summed E-state index contributed by atoms with van der Waals surface area (Å²) < 4.78 is 2.67. The fraction of sp³-hybridized carbons (Fsp3) is 0.875. The number of aromatic nitrogens is 4. The van der Waals surface area contributed by atoms with Gasteiger partial charge in [-0.2, -0.15) is 0 Å². The van der Waals surface area contributed by atoms with Gasteiger partial charge in [0.15, 0.2) is 0 Å². The lowest BCUT2D eigenvalue weighted by atomic mass is 9.95. The molecule has 0 bridgehead atoms. The smallest absolute Gasteiger partial charge is 0.148 e. The van der Waals surface area contributed by atoms with E-state index >= 15 is 0 Å². The predicted molar refractivity (Wildman–Crippen MR) is 57.9 cm³/mol. The van der Waals surface area contributed by atoms with Crippen molar-refractivity contribution in [1.29, 1.82) is 0 Å². The third kappa shape index (κ3) is 1.84. The number of rotatable bonds is 1. The molecular weight excluding hydrogens is 279 g/mol. The van der Waals surface area contributed by atoms with Crippen LogP contribution in [-0.4, -0.2) is 24.1 Å². The molecule has 1 saturated carbocycles. The van der Waals surface area contributed by atoms with E-state index in [0.29, 0.717) is 9.97 Å². The largest absolute Gasteiger partial charge is 0.226 e. The maximum Gasteiger partial charge on any atom is 0.148 e. The van der Waals surface area contributed by atoms with E-state index in [-0.39, 0.29) is 0 Å². The van der Waals surface area contributed by atoms with Crippen molar-refractivity contribution in [2.45, 2.75) is 42.6 Å². The van der Waals surface area contributed by atoms with Crippen LogP contribution in [0.1, 0.15) is 37.5 Å². The zero-order valence-electron chi connectivity index (χ0n) is 7.65. The Balaban J connectivity index is 2.19. The lowest BCUT2D eigenvalue weighted by Gasteiger charge is -2.27. The first-order valence-electron chi connectivity index (χ1n) is 4.67. The summed E-state index contributed by atoms with van der Waals surface area (Å²) in [4.78, 5) is 0. The van der Waals surface area contributed by atoms with E-state index < -0.39 is 0 Å². The van der Waals surface area contributed by atoms with Crippen molar-refractivity contribution < 1.29 is 0 Å². The molecule has 0 aliphatic heterocycles. The number of alkyl halides is 1. The summed E-state index contributed by atoms with van der Waals surface area (Å²) >= 11 is 2.52. The lowest BCUT2D eigenvalue weighted by Crippen LogP contribution is -2.25. The topological polar surface area (TPSA) is 43.6 Å². The van der Waals surface area contributed by atoms with Gasteiger partial charge in [0.1, 0.15) is 5.82 Å². The summed E-state index contributed by atoms with van der Waals surface area (Å²) in [5.74, 6) is 0.938. The second kappa shape index (κ2) is 3.89. The number of nitrogens with zero attached hydrogens (tertiary/aromatic N) is 4. The van der Waals surface area contributed by atoms with Crippen molar-refractivity contribution in [1.82, 2.24) is 20.2 Å². The fourth-order valence-corrected chi connectivity index (χ4v) is 2.99. The number of tetrazole rings is 1. The molecule has 5 heteroatoms. The molecule has 0 saturated heterocycles. The predicted octanol–water partition coefficient (Wildman–Crippen LogP) is 1.90. The van der Waals surface area contributed by atoms with Gasteiger partial charge in [0.2, 0.25) is 0 Å². The molecule has 72 valence electrons. The lowest BCUT2D eigenvalue weighted by molar-refractivity contribution is 0.338. The minimum absolute atomic E-state index is 0.518. The molecule has 0 spiro atoms. The van der Waals surface area contributed by atoms with Crippen LogP contribution in [0.25, 0.3) is 0 Å². The Morgan fingerprint density at radius 1 is 1.38 bits per heavy atom. The van der Waals surface area contributed by atoms with Crippen LogP contribution < -0.4 is 0 Å². The molecular formula is C8H13IN4. The Morgan fingerprint density at radius 2 is 2.15 bits per heavy atom. The van der Waals surface area contributed by atoms with E-state index in [9.17, 15) is 0 Å². The molecule has 1 fully saturated rings. The van der Waals surface area contributed by atoms with Crippen molar-refractivity contribution in [3.8, 4) is 0 Å².